The fraction of sp³-hybridized carbons (Fsp3) is 0.500. The van der Waals surface area contributed by atoms with Crippen LogP contribution in [0.4, 0.5) is 4.39 Å². The van der Waals surface area contributed by atoms with Crippen molar-refractivity contribution >= 4 is 27.7 Å². The van der Waals surface area contributed by atoms with E-state index in [1.807, 2.05) is 0 Å². The number of carbonyl (C=O) groups is 1. The lowest BCUT2D eigenvalue weighted by Crippen LogP contribution is -2.48. The van der Waals surface area contributed by atoms with E-state index < -0.39 is 21.9 Å². The molecular formula is C14H17FN2O3S2. The smallest absolute Gasteiger partial charge is 0.247 e. The van der Waals surface area contributed by atoms with E-state index >= 15 is 0 Å². The van der Waals surface area contributed by atoms with Crippen LogP contribution in [0.1, 0.15) is 12.8 Å². The van der Waals surface area contributed by atoms with Gasteiger partial charge in [0, 0.05) is 18.8 Å². The van der Waals surface area contributed by atoms with Crippen LogP contribution in [0.5, 0.6) is 0 Å². The lowest BCUT2D eigenvalue weighted by Gasteiger charge is -2.26. The number of hydrogen-bond donors (Lipinski definition) is 0. The molecule has 0 aromatic heterocycles. The molecule has 22 heavy (non-hydrogen) atoms. The third-order valence-electron chi connectivity index (χ3n) is 3.99. The molecule has 1 aliphatic carbocycles. The molecule has 3 rings (SSSR count). The van der Waals surface area contributed by atoms with E-state index in [-0.39, 0.29) is 22.7 Å². The van der Waals surface area contributed by atoms with Crippen molar-refractivity contribution in [3.8, 4) is 0 Å². The number of nitrogens with zero attached hydrogens (tertiary/aromatic N) is 2. The average Bonchev–Trinajstić information content (AvgIpc) is 3.22. The second kappa shape index (κ2) is 5.82. The number of thioether (sulfide) groups is 1. The summed E-state index contributed by atoms with van der Waals surface area (Å²) in [4.78, 5) is 13.8. The Bertz CT molecular complexity index is 691. The van der Waals surface area contributed by atoms with Crippen LogP contribution in [-0.2, 0) is 14.8 Å². The highest BCUT2D eigenvalue weighted by Gasteiger charge is 2.44. The van der Waals surface area contributed by atoms with Gasteiger partial charge in [-0.15, -0.1) is 11.8 Å². The van der Waals surface area contributed by atoms with E-state index in [2.05, 4.69) is 0 Å². The van der Waals surface area contributed by atoms with Crippen molar-refractivity contribution in [3.05, 3.63) is 30.1 Å². The highest BCUT2D eigenvalue weighted by Crippen LogP contribution is 2.32. The first kappa shape index (κ1) is 15.8. The first-order valence-corrected chi connectivity index (χ1v) is 9.63. The summed E-state index contributed by atoms with van der Waals surface area (Å²) >= 11 is 1.37. The van der Waals surface area contributed by atoms with Crippen molar-refractivity contribution in [1.29, 1.82) is 0 Å². The molecule has 1 aliphatic heterocycles. The van der Waals surface area contributed by atoms with Crippen LogP contribution in [0, 0.1) is 5.82 Å². The molecule has 0 bridgehead atoms. The zero-order valence-corrected chi connectivity index (χ0v) is 13.7. The molecule has 120 valence electrons. The molecular weight excluding hydrogens is 327 g/mol. The normalized spacial score (nSPS) is 22.7. The van der Waals surface area contributed by atoms with Gasteiger partial charge in [0.2, 0.25) is 15.9 Å². The Morgan fingerprint density at radius 2 is 2.05 bits per heavy atom. The molecule has 2 aliphatic rings. The van der Waals surface area contributed by atoms with Gasteiger partial charge >= 0.3 is 0 Å². The number of sulfonamides is 1. The van der Waals surface area contributed by atoms with Gasteiger partial charge in [-0.1, -0.05) is 12.1 Å². The van der Waals surface area contributed by atoms with Crippen molar-refractivity contribution in [3.63, 3.8) is 0 Å². The van der Waals surface area contributed by atoms with Crippen molar-refractivity contribution < 1.29 is 17.6 Å². The van der Waals surface area contributed by atoms with E-state index in [0.717, 1.165) is 23.2 Å². The number of halogens is 1. The lowest BCUT2D eigenvalue weighted by atomic mass is 10.3. The summed E-state index contributed by atoms with van der Waals surface area (Å²) in [6.45, 7) is 0. The Morgan fingerprint density at radius 3 is 2.68 bits per heavy atom. The Hall–Kier alpha value is -1.12. The van der Waals surface area contributed by atoms with Crippen molar-refractivity contribution in [2.75, 3.05) is 18.7 Å². The van der Waals surface area contributed by atoms with Crippen LogP contribution in [0.25, 0.3) is 0 Å². The van der Waals surface area contributed by atoms with Gasteiger partial charge in [-0.2, -0.15) is 4.31 Å². The summed E-state index contributed by atoms with van der Waals surface area (Å²) < 4.78 is 40.3. The molecule has 1 atom stereocenters. The molecule has 1 amide bonds. The van der Waals surface area contributed by atoms with Crippen molar-refractivity contribution in [1.82, 2.24) is 9.21 Å². The maximum atomic E-state index is 13.9. The van der Waals surface area contributed by atoms with Gasteiger partial charge in [0.15, 0.2) is 0 Å². The summed E-state index contributed by atoms with van der Waals surface area (Å²) in [5.74, 6) is -0.414. The highest BCUT2D eigenvalue weighted by molar-refractivity contribution is 8.00. The van der Waals surface area contributed by atoms with Gasteiger partial charge in [-0.3, -0.25) is 4.79 Å². The minimum atomic E-state index is -4.01. The van der Waals surface area contributed by atoms with Gasteiger partial charge in [-0.05, 0) is 25.0 Å². The van der Waals surface area contributed by atoms with Gasteiger partial charge in [-0.25, -0.2) is 12.8 Å². The summed E-state index contributed by atoms with van der Waals surface area (Å²) in [7, 11) is -2.31. The summed E-state index contributed by atoms with van der Waals surface area (Å²) in [5.41, 5.74) is 0. The van der Waals surface area contributed by atoms with E-state index in [9.17, 15) is 17.6 Å². The number of benzene rings is 1. The van der Waals surface area contributed by atoms with E-state index in [1.54, 1.807) is 11.9 Å². The van der Waals surface area contributed by atoms with E-state index in [4.69, 9.17) is 0 Å². The first-order chi connectivity index (χ1) is 10.4. The number of amides is 1. The zero-order valence-electron chi connectivity index (χ0n) is 12.1. The summed E-state index contributed by atoms with van der Waals surface area (Å²) in [5, 5.41) is 0. The molecule has 2 fully saturated rings. The molecule has 1 aromatic rings. The molecule has 0 spiro atoms. The molecule has 8 heteroatoms. The van der Waals surface area contributed by atoms with Gasteiger partial charge < -0.3 is 4.90 Å². The molecule has 0 radical (unpaired) electrons. The minimum Gasteiger partial charge on any atom is -0.341 e. The highest BCUT2D eigenvalue weighted by atomic mass is 32.2. The van der Waals surface area contributed by atoms with Crippen molar-refractivity contribution in [2.24, 2.45) is 0 Å². The van der Waals surface area contributed by atoms with Crippen molar-refractivity contribution in [2.45, 2.75) is 29.8 Å². The quantitative estimate of drug-likeness (QED) is 0.831. The number of likely N-dealkylation sites (N-methyl/N-ethyl adjacent to an activating group) is 1. The van der Waals surface area contributed by atoms with E-state index in [1.165, 1.54) is 30.0 Å². The second-order valence-electron chi connectivity index (χ2n) is 5.52. The second-order valence-corrected chi connectivity index (χ2v) is 8.38. The first-order valence-electron chi connectivity index (χ1n) is 7.03. The van der Waals surface area contributed by atoms with Crippen LogP contribution >= 0.6 is 11.8 Å². The standard InChI is InChI=1S/C14H17FN2O3S2/c1-16(10-6-7-10)14(18)12-8-21-9-17(12)22(19,20)13-5-3-2-4-11(13)15/h2-5,10,12H,6-9H2,1H3/t12-/m0/s1. The van der Waals surface area contributed by atoms with E-state index in [0.29, 0.717) is 5.75 Å². The maximum absolute atomic E-state index is 13.9. The number of rotatable bonds is 4. The molecule has 0 unspecified atom stereocenters. The Morgan fingerprint density at radius 1 is 1.36 bits per heavy atom. The van der Waals surface area contributed by atoms with Crippen LogP contribution in [0.2, 0.25) is 0 Å². The predicted molar refractivity (Wildman–Crippen MR) is 82.3 cm³/mol. The minimum absolute atomic E-state index is 0.172. The SMILES string of the molecule is CN(C(=O)[C@@H]1CSCN1S(=O)(=O)c1ccccc1F)C1CC1. The van der Waals surface area contributed by atoms with Gasteiger partial charge in [0.25, 0.3) is 0 Å². The Kier molecular flexibility index (Phi) is 4.17. The van der Waals surface area contributed by atoms with Crippen LogP contribution in [0.3, 0.4) is 0 Å². The lowest BCUT2D eigenvalue weighted by molar-refractivity contribution is -0.133. The Balaban J connectivity index is 1.89. The Labute approximate surface area is 133 Å². The predicted octanol–water partition coefficient (Wildman–Crippen LogP) is 1.51. The van der Waals surface area contributed by atoms with Crippen LogP contribution < -0.4 is 0 Å². The summed E-state index contributed by atoms with van der Waals surface area (Å²) in [6.07, 6.45) is 1.92. The molecule has 1 aromatic carbocycles. The molecule has 0 N–H and O–H groups in total. The molecule has 5 nitrogen and oxygen atoms in total. The zero-order chi connectivity index (χ0) is 15.9. The summed E-state index contributed by atoms with van der Waals surface area (Å²) in [6, 6.07) is 4.74. The fourth-order valence-corrected chi connectivity index (χ4v) is 5.72. The molecule has 1 heterocycles. The third kappa shape index (κ3) is 2.75. The maximum Gasteiger partial charge on any atom is 0.247 e. The monoisotopic (exact) mass is 344 g/mol. The average molecular weight is 344 g/mol. The fourth-order valence-electron chi connectivity index (χ4n) is 2.52. The van der Waals surface area contributed by atoms with Crippen LogP contribution in [0.15, 0.2) is 29.2 Å². The molecule has 1 saturated heterocycles. The third-order valence-corrected chi connectivity index (χ3v) is 7.06. The number of hydrogen-bond acceptors (Lipinski definition) is 4. The molecule has 1 saturated carbocycles. The largest absolute Gasteiger partial charge is 0.341 e. The van der Waals surface area contributed by atoms with Crippen LogP contribution in [-0.4, -0.2) is 54.3 Å². The van der Waals surface area contributed by atoms with Gasteiger partial charge in [0.1, 0.15) is 16.8 Å². The number of carbonyl (C=O) groups excluding carboxylic acids is 1. The topological polar surface area (TPSA) is 57.7 Å². The van der Waals surface area contributed by atoms with Gasteiger partial charge in [0.05, 0.1) is 5.88 Å².